The van der Waals surface area contributed by atoms with Crippen molar-refractivity contribution < 1.29 is 9.90 Å². The molecule has 14 heavy (non-hydrogen) atoms. The van der Waals surface area contributed by atoms with E-state index in [1.165, 1.54) is 19.3 Å². The summed E-state index contributed by atoms with van der Waals surface area (Å²) in [6.45, 7) is 1.92. The lowest BCUT2D eigenvalue weighted by atomic mass is 9.82. The van der Waals surface area contributed by atoms with E-state index in [0.717, 1.165) is 24.0 Å². The fourth-order valence-electron chi connectivity index (χ4n) is 2.78. The molecular weight excluding hydrogens is 176 g/mol. The summed E-state index contributed by atoms with van der Waals surface area (Å²) in [5, 5.41) is 9.59. The van der Waals surface area contributed by atoms with E-state index >= 15 is 0 Å². The Labute approximate surface area is 85.0 Å². The molecule has 2 nitrogen and oxygen atoms in total. The normalized spacial score (nSPS) is 30.1. The van der Waals surface area contributed by atoms with E-state index in [4.69, 9.17) is 0 Å². The highest BCUT2D eigenvalue weighted by atomic mass is 16.3. The van der Waals surface area contributed by atoms with Gasteiger partial charge in [0, 0.05) is 6.42 Å². The highest BCUT2D eigenvalue weighted by molar-refractivity contribution is 5.99. The molecule has 78 valence electrons. The maximum Gasteiger partial charge on any atom is 0.162 e. The predicted octanol–water partition coefficient (Wildman–Crippen LogP) is 2.22. The van der Waals surface area contributed by atoms with Gasteiger partial charge in [0.15, 0.2) is 5.78 Å². The average molecular weight is 194 g/mol. The monoisotopic (exact) mass is 194 g/mol. The zero-order chi connectivity index (χ0) is 10.1. The number of rotatable bonds is 1. The molecule has 0 bridgehead atoms. The van der Waals surface area contributed by atoms with Crippen molar-refractivity contribution in [2.75, 3.05) is 0 Å². The first-order valence-corrected chi connectivity index (χ1v) is 5.62. The fraction of sp³-hybridized carbons (Fsp3) is 0.750. The Morgan fingerprint density at radius 3 is 2.36 bits per heavy atom. The smallest absolute Gasteiger partial charge is 0.162 e. The maximum absolute atomic E-state index is 11.7. The van der Waals surface area contributed by atoms with Crippen molar-refractivity contribution in [3.63, 3.8) is 0 Å². The van der Waals surface area contributed by atoms with Crippen molar-refractivity contribution in [2.24, 2.45) is 5.92 Å². The van der Waals surface area contributed by atoms with E-state index in [1.807, 2.05) is 6.92 Å². The van der Waals surface area contributed by atoms with Crippen LogP contribution in [-0.2, 0) is 4.79 Å². The number of aliphatic hydroxyl groups is 1. The molecular formula is C12H18O2. The van der Waals surface area contributed by atoms with Gasteiger partial charge in [0.1, 0.15) is 0 Å². The topological polar surface area (TPSA) is 37.3 Å². The molecule has 0 radical (unpaired) electrons. The molecule has 1 saturated carbocycles. The number of aliphatic hydroxyl groups excluding tert-OH is 1. The van der Waals surface area contributed by atoms with Gasteiger partial charge < -0.3 is 5.11 Å². The number of Topliss-reactive ketones (excluding diaryl/α,β-unsaturated/α-hetero) is 1. The molecule has 2 aliphatic rings. The van der Waals surface area contributed by atoms with Gasteiger partial charge in [-0.05, 0) is 36.8 Å². The quantitative estimate of drug-likeness (QED) is 0.695. The number of hydrogen-bond donors (Lipinski definition) is 1. The predicted molar refractivity (Wildman–Crippen MR) is 54.9 cm³/mol. The maximum atomic E-state index is 11.7. The standard InChI is InChI=1S/C12H18O2/c1-8-10(13)7-11(14)12(8)9-5-3-2-4-6-9/h9-10,13H,2-7H2,1H3. The van der Waals surface area contributed by atoms with Gasteiger partial charge in [0.25, 0.3) is 0 Å². The van der Waals surface area contributed by atoms with Crippen molar-refractivity contribution in [1.29, 1.82) is 0 Å². The van der Waals surface area contributed by atoms with E-state index in [-0.39, 0.29) is 5.78 Å². The lowest BCUT2D eigenvalue weighted by molar-refractivity contribution is -0.116. The molecule has 0 saturated heterocycles. The van der Waals surface area contributed by atoms with Crippen LogP contribution in [-0.4, -0.2) is 17.0 Å². The van der Waals surface area contributed by atoms with Crippen LogP contribution in [0.4, 0.5) is 0 Å². The third kappa shape index (κ3) is 1.63. The second-order valence-corrected chi connectivity index (χ2v) is 4.57. The number of ketones is 1. The molecule has 1 atom stereocenters. The molecule has 1 unspecified atom stereocenters. The second-order valence-electron chi connectivity index (χ2n) is 4.57. The van der Waals surface area contributed by atoms with Crippen LogP contribution in [0.15, 0.2) is 11.1 Å². The van der Waals surface area contributed by atoms with Crippen molar-refractivity contribution >= 4 is 5.78 Å². The lowest BCUT2D eigenvalue weighted by Gasteiger charge is -2.22. The minimum atomic E-state index is -0.487. The molecule has 0 aromatic heterocycles. The summed E-state index contributed by atoms with van der Waals surface area (Å²) in [5.74, 6) is 0.648. The summed E-state index contributed by atoms with van der Waals surface area (Å²) in [5.41, 5.74) is 1.92. The summed E-state index contributed by atoms with van der Waals surface area (Å²) in [7, 11) is 0. The van der Waals surface area contributed by atoms with Crippen LogP contribution in [0, 0.1) is 5.92 Å². The van der Waals surface area contributed by atoms with Crippen LogP contribution >= 0.6 is 0 Å². The van der Waals surface area contributed by atoms with Crippen LogP contribution in [0.2, 0.25) is 0 Å². The third-order valence-corrected chi connectivity index (χ3v) is 3.62. The van der Waals surface area contributed by atoms with Gasteiger partial charge in [0.05, 0.1) is 6.10 Å². The van der Waals surface area contributed by atoms with Gasteiger partial charge in [-0.15, -0.1) is 0 Å². The molecule has 2 rings (SSSR count). The van der Waals surface area contributed by atoms with Crippen molar-refractivity contribution in [3.05, 3.63) is 11.1 Å². The second kappa shape index (κ2) is 3.85. The van der Waals surface area contributed by atoms with E-state index < -0.39 is 6.10 Å². The number of carbonyl (C=O) groups excluding carboxylic acids is 1. The Bertz CT molecular complexity index is 272. The average Bonchev–Trinajstić information content (AvgIpc) is 2.43. The van der Waals surface area contributed by atoms with E-state index in [0.29, 0.717) is 12.3 Å². The highest BCUT2D eigenvalue weighted by Crippen LogP contribution is 2.36. The van der Waals surface area contributed by atoms with Crippen molar-refractivity contribution in [2.45, 2.75) is 51.6 Å². The largest absolute Gasteiger partial charge is 0.388 e. The number of hydrogen-bond acceptors (Lipinski definition) is 2. The molecule has 0 heterocycles. The van der Waals surface area contributed by atoms with Gasteiger partial charge in [0.2, 0.25) is 0 Å². The minimum Gasteiger partial charge on any atom is -0.388 e. The van der Waals surface area contributed by atoms with Gasteiger partial charge in [-0.1, -0.05) is 19.3 Å². The first-order valence-electron chi connectivity index (χ1n) is 5.62. The Morgan fingerprint density at radius 2 is 1.86 bits per heavy atom. The van der Waals surface area contributed by atoms with Crippen LogP contribution in [0.1, 0.15) is 45.4 Å². The van der Waals surface area contributed by atoms with Crippen LogP contribution in [0.5, 0.6) is 0 Å². The Kier molecular flexibility index (Phi) is 2.73. The van der Waals surface area contributed by atoms with Crippen LogP contribution in [0.3, 0.4) is 0 Å². The van der Waals surface area contributed by atoms with Gasteiger partial charge >= 0.3 is 0 Å². The number of allylic oxidation sites excluding steroid dienone is 1. The number of carbonyl (C=O) groups is 1. The van der Waals surface area contributed by atoms with Gasteiger partial charge in [-0.25, -0.2) is 0 Å². The molecule has 0 amide bonds. The fourth-order valence-corrected chi connectivity index (χ4v) is 2.78. The van der Waals surface area contributed by atoms with Crippen LogP contribution < -0.4 is 0 Å². The lowest BCUT2D eigenvalue weighted by Crippen LogP contribution is -2.13. The highest BCUT2D eigenvalue weighted by Gasteiger charge is 2.33. The first kappa shape index (κ1) is 9.91. The van der Waals surface area contributed by atoms with Crippen LogP contribution in [0.25, 0.3) is 0 Å². The molecule has 0 spiro atoms. The molecule has 0 aromatic rings. The summed E-state index contributed by atoms with van der Waals surface area (Å²) < 4.78 is 0. The minimum absolute atomic E-state index is 0.196. The third-order valence-electron chi connectivity index (χ3n) is 3.62. The van der Waals surface area contributed by atoms with Crippen molar-refractivity contribution in [1.82, 2.24) is 0 Å². The summed E-state index contributed by atoms with van der Waals surface area (Å²) in [6, 6.07) is 0. The Hall–Kier alpha value is -0.630. The summed E-state index contributed by atoms with van der Waals surface area (Å²) in [4.78, 5) is 11.7. The molecule has 2 heteroatoms. The van der Waals surface area contributed by atoms with Gasteiger partial charge in [-0.2, -0.15) is 0 Å². The summed E-state index contributed by atoms with van der Waals surface area (Å²) >= 11 is 0. The SMILES string of the molecule is CC1=C(C2CCCCC2)C(=O)CC1O. The molecule has 1 fully saturated rings. The molecule has 0 aromatic carbocycles. The zero-order valence-corrected chi connectivity index (χ0v) is 8.75. The first-order chi connectivity index (χ1) is 6.70. The van der Waals surface area contributed by atoms with Gasteiger partial charge in [-0.3, -0.25) is 4.79 Å². The summed E-state index contributed by atoms with van der Waals surface area (Å²) in [6.07, 6.45) is 5.92. The Balaban J connectivity index is 2.18. The molecule has 0 aliphatic heterocycles. The van der Waals surface area contributed by atoms with E-state index in [2.05, 4.69) is 0 Å². The molecule has 2 aliphatic carbocycles. The van der Waals surface area contributed by atoms with E-state index in [9.17, 15) is 9.90 Å². The van der Waals surface area contributed by atoms with Crippen molar-refractivity contribution in [3.8, 4) is 0 Å². The Morgan fingerprint density at radius 1 is 1.21 bits per heavy atom. The zero-order valence-electron chi connectivity index (χ0n) is 8.75. The molecule has 1 N–H and O–H groups in total. The van der Waals surface area contributed by atoms with E-state index in [1.54, 1.807) is 0 Å².